The van der Waals surface area contributed by atoms with E-state index in [9.17, 15) is 0 Å². The van der Waals surface area contributed by atoms with E-state index in [2.05, 4.69) is 59.9 Å². The predicted molar refractivity (Wildman–Crippen MR) is 74.6 cm³/mol. The standard InChI is InChI=1S/C14H18BrNO/c1-4-10(11-7-5-6-8-12(11)15)13-16-14(2,3)9-17-13/h5-8,10H,4,9H2,1-3H3. The number of ether oxygens (including phenoxy) is 1. The van der Waals surface area contributed by atoms with Gasteiger partial charge in [-0.15, -0.1) is 0 Å². The van der Waals surface area contributed by atoms with E-state index < -0.39 is 0 Å². The zero-order valence-electron chi connectivity index (χ0n) is 10.5. The molecule has 0 fully saturated rings. The third-order valence-corrected chi connectivity index (χ3v) is 3.70. The van der Waals surface area contributed by atoms with Gasteiger partial charge in [0.2, 0.25) is 0 Å². The highest BCUT2D eigenvalue weighted by Gasteiger charge is 2.31. The van der Waals surface area contributed by atoms with E-state index in [0.29, 0.717) is 6.61 Å². The van der Waals surface area contributed by atoms with Crippen LogP contribution in [0, 0.1) is 0 Å². The van der Waals surface area contributed by atoms with E-state index in [1.165, 1.54) is 5.56 Å². The highest BCUT2D eigenvalue weighted by atomic mass is 79.9. The topological polar surface area (TPSA) is 21.6 Å². The molecule has 0 N–H and O–H groups in total. The molecule has 1 aliphatic heterocycles. The molecule has 0 amide bonds. The van der Waals surface area contributed by atoms with E-state index in [-0.39, 0.29) is 11.5 Å². The van der Waals surface area contributed by atoms with E-state index in [0.717, 1.165) is 16.8 Å². The fraction of sp³-hybridized carbons (Fsp3) is 0.500. The third kappa shape index (κ3) is 2.71. The summed E-state index contributed by atoms with van der Waals surface area (Å²) < 4.78 is 6.89. The Hall–Kier alpha value is -0.830. The quantitative estimate of drug-likeness (QED) is 0.821. The summed E-state index contributed by atoms with van der Waals surface area (Å²) in [4.78, 5) is 4.68. The molecule has 1 aliphatic rings. The minimum absolute atomic E-state index is 0.0794. The van der Waals surface area contributed by atoms with Crippen LogP contribution in [0.15, 0.2) is 33.7 Å². The molecule has 1 aromatic carbocycles. The van der Waals surface area contributed by atoms with Crippen LogP contribution in [0.25, 0.3) is 0 Å². The summed E-state index contributed by atoms with van der Waals surface area (Å²) in [5.74, 6) is 1.14. The molecule has 17 heavy (non-hydrogen) atoms. The van der Waals surface area contributed by atoms with Crippen LogP contribution >= 0.6 is 15.9 Å². The van der Waals surface area contributed by atoms with Crippen molar-refractivity contribution in [3.05, 3.63) is 34.3 Å². The normalized spacial score (nSPS) is 19.6. The minimum Gasteiger partial charge on any atom is -0.478 e. The fourth-order valence-electron chi connectivity index (χ4n) is 2.08. The van der Waals surface area contributed by atoms with Crippen molar-refractivity contribution in [1.82, 2.24) is 0 Å². The van der Waals surface area contributed by atoms with Crippen LogP contribution < -0.4 is 0 Å². The first-order valence-electron chi connectivity index (χ1n) is 6.00. The number of aliphatic imine (C=N–C) groups is 1. The van der Waals surface area contributed by atoms with Crippen LogP contribution in [-0.2, 0) is 4.74 Å². The van der Waals surface area contributed by atoms with E-state index >= 15 is 0 Å². The molecule has 0 radical (unpaired) electrons. The lowest BCUT2D eigenvalue weighted by Gasteiger charge is -2.16. The van der Waals surface area contributed by atoms with Crippen LogP contribution in [0.2, 0.25) is 0 Å². The van der Waals surface area contributed by atoms with Gasteiger partial charge in [-0.3, -0.25) is 0 Å². The summed E-state index contributed by atoms with van der Waals surface area (Å²) in [5.41, 5.74) is 1.18. The summed E-state index contributed by atoms with van der Waals surface area (Å²) in [6, 6.07) is 8.29. The number of nitrogens with zero attached hydrogens (tertiary/aromatic N) is 1. The van der Waals surface area contributed by atoms with E-state index in [1.54, 1.807) is 0 Å². The SMILES string of the molecule is CCC(C1=NC(C)(C)CO1)c1ccccc1Br. The highest BCUT2D eigenvalue weighted by molar-refractivity contribution is 9.10. The summed E-state index contributed by atoms with van der Waals surface area (Å²) in [6.45, 7) is 7.06. The molecule has 1 unspecified atom stereocenters. The van der Waals surface area contributed by atoms with Gasteiger partial charge in [0.15, 0.2) is 5.90 Å². The molecule has 3 heteroatoms. The zero-order chi connectivity index (χ0) is 12.5. The van der Waals surface area contributed by atoms with Crippen LogP contribution in [0.3, 0.4) is 0 Å². The summed E-state index contributed by atoms with van der Waals surface area (Å²) in [6.07, 6.45) is 0.998. The number of hydrogen-bond donors (Lipinski definition) is 0. The van der Waals surface area contributed by atoms with Gasteiger partial charge in [-0.05, 0) is 31.9 Å². The Morgan fingerprint density at radius 2 is 2.12 bits per heavy atom. The van der Waals surface area contributed by atoms with Crippen LogP contribution in [0.4, 0.5) is 0 Å². The second-order valence-corrected chi connectivity index (χ2v) is 5.89. The zero-order valence-corrected chi connectivity index (χ0v) is 12.1. The van der Waals surface area contributed by atoms with Crippen molar-refractivity contribution >= 4 is 21.8 Å². The van der Waals surface area contributed by atoms with Gasteiger partial charge < -0.3 is 4.74 Å². The lowest BCUT2D eigenvalue weighted by atomic mass is 9.96. The predicted octanol–water partition coefficient (Wildman–Crippen LogP) is 4.15. The Kier molecular flexibility index (Phi) is 3.57. The van der Waals surface area contributed by atoms with Gasteiger partial charge in [-0.1, -0.05) is 41.1 Å². The Labute approximate surface area is 111 Å². The molecule has 1 atom stereocenters. The van der Waals surface area contributed by atoms with Crippen molar-refractivity contribution in [2.75, 3.05) is 6.61 Å². The molecular formula is C14H18BrNO. The third-order valence-electron chi connectivity index (χ3n) is 2.97. The molecule has 0 spiro atoms. The molecule has 92 valence electrons. The highest BCUT2D eigenvalue weighted by Crippen LogP contribution is 2.32. The number of benzene rings is 1. The lowest BCUT2D eigenvalue weighted by Crippen LogP contribution is -2.17. The maximum absolute atomic E-state index is 5.76. The molecule has 0 saturated heterocycles. The van der Waals surface area contributed by atoms with Crippen molar-refractivity contribution in [2.45, 2.75) is 38.6 Å². The molecule has 0 aromatic heterocycles. The Morgan fingerprint density at radius 3 is 2.65 bits per heavy atom. The van der Waals surface area contributed by atoms with Gasteiger partial charge in [0, 0.05) is 4.47 Å². The Morgan fingerprint density at radius 1 is 1.41 bits per heavy atom. The Balaban J connectivity index is 2.33. The number of rotatable bonds is 3. The molecule has 0 aliphatic carbocycles. The Bertz CT molecular complexity index is 440. The van der Waals surface area contributed by atoms with E-state index in [4.69, 9.17) is 4.74 Å². The summed E-state index contributed by atoms with van der Waals surface area (Å²) in [5, 5.41) is 0. The van der Waals surface area contributed by atoms with Gasteiger partial charge in [0.25, 0.3) is 0 Å². The average molecular weight is 296 g/mol. The van der Waals surface area contributed by atoms with Gasteiger partial charge in [0.05, 0.1) is 11.5 Å². The van der Waals surface area contributed by atoms with Crippen molar-refractivity contribution in [3.63, 3.8) is 0 Å². The van der Waals surface area contributed by atoms with Crippen LogP contribution in [0.5, 0.6) is 0 Å². The molecule has 0 saturated carbocycles. The first-order chi connectivity index (χ1) is 8.03. The van der Waals surface area contributed by atoms with Crippen LogP contribution in [0.1, 0.15) is 38.7 Å². The second-order valence-electron chi connectivity index (χ2n) is 5.03. The smallest absolute Gasteiger partial charge is 0.191 e. The monoisotopic (exact) mass is 295 g/mol. The van der Waals surface area contributed by atoms with Crippen molar-refractivity contribution in [2.24, 2.45) is 4.99 Å². The molecule has 1 heterocycles. The van der Waals surface area contributed by atoms with Gasteiger partial charge >= 0.3 is 0 Å². The number of halogens is 1. The largest absolute Gasteiger partial charge is 0.478 e. The molecule has 2 nitrogen and oxygen atoms in total. The molecular weight excluding hydrogens is 278 g/mol. The van der Waals surface area contributed by atoms with Crippen molar-refractivity contribution < 1.29 is 4.74 Å². The van der Waals surface area contributed by atoms with Crippen molar-refractivity contribution in [1.29, 1.82) is 0 Å². The molecule has 1 aromatic rings. The molecule has 0 bridgehead atoms. The van der Waals surface area contributed by atoms with Gasteiger partial charge in [-0.2, -0.15) is 0 Å². The van der Waals surface area contributed by atoms with E-state index in [1.807, 2.05) is 6.07 Å². The maximum Gasteiger partial charge on any atom is 0.191 e. The van der Waals surface area contributed by atoms with Crippen molar-refractivity contribution in [3.8, 4) is 0 Å². The fourth-order valence-corrected chi connectivity index (χ4v) is 2.64. The second kappa shape index (κ2) is 4.81. The number of hydrogen-bond acceptors (Lipinski definition) is 2. The first-order valence-corrected chi connectivity index (χ1v) is 6.80. The summed E-state index contributed by atoms with van der Waals surface area (Å²) >= 11 is 3.60. The van der Waals surface area contributed by atoms with Crippen LogP contribution in [-0.4, -0.2) is 18.0 Å². The van der Waals surface area contributed by atoms with Gasteiger partial charge in [0.1, 0.15) is 6.61 Å². The average Bonchev–Trinajstić information content (AvgIpc) is 2.63. The summed E-state index contributed by atoms with van der Waals surface area (Å²) in [7, 11) is 0. The lowest BCUT2D eigenvalue weighted by molar-refractivity contribution is 0.270. The van der Waals surface area contributed by atoms with Gasteiger partial charge in [-0.25, -0.2) is 4.99 Å². The maximum atomic E-state index is 5.76. The minimum atomic E-state index is -0.0794. The first kappa shape index (κ1) is 12.6. The molecule has 2 rings (SSSR count).